The predicted molar refractivity (Wildman–Crippen MR) is 303 cm³/mol. The Hall–Kier alpha value is -4.52. The van der Waals surface area contributed by atoms with E-state index in [4.69, 9.17) is 45.0 Å². The minimum Gasteiger partial charge on any atom is -0.459 e. The van der Waals surface area contributed by atoms with E-state index in [-0.39, 0.29) is 56.4 Å². The van der Waals surface area contributed by atoms with Gasteiger partial charge in [-0.3, -0.25) is 58.2 Å². The Labute approximate surface area is 476 Å². The Balaban J connectivity index is 2.14. The smallest absolute Gasteiger partial charge is 0.320 e. The number of aromatic nitrogens is 3. The average Bonchev–Trinajstić information content (AvgIpc) is 3.22. The first-order valence-corrected chi connectivity index (χ1v) is 28.1. The van der Waals surface area contributed by atoms with Gasteiger partial charge in [-0.05, 0) is 136 Å². The van der Waals surface area contributed by atoms with E-state index < -0.39 is 69.4 Å². The van der Waals surface area contributed by atoms with Gasteiger partial charge in [0.05, 0.1) is 39.3 Å². The standard InChI is InChI=1S/C55H98ClN11O12/c1-50(2,3)74-41(68)35-60-19-23-62(37-43(70)76-52(7,8)9)27-31-66(32-28-63(24-20-60)38-44(71)77-53(10,11)12)48-57-47(56)58-49(59-48)67-33-29-64(39-45(72)78-54(13,14)15)25-21-61(36-42(69)75-51(4,5)6)22-26-65(30-34-67)40-46(73)79-55(16,17)18/h19-40H2,1-18H3. The average molecular weight is 1140 g/mol. The van der Waals surface area contributed by atoms with Crippen molar-refractivity contribution in [2.75, 3.05) is 154 Å². The first kappa shape index (κ1) is 68.8. The van der Waals surface area contributed by atoms with Crippen molar-refractivity contribution in [3.05, 3.63) is 5.28 Å². The number of hydrogen-bond acceptors (Lipinski definition) is 23. The second-order valence-corrected chi connectivity index (χ2v) is 26.7. The van der Waals surface area contributed by atoms with Crippen molar-refractivity contribution >= 4 is 59.3 Å². The highest BCUT2D eigenvalue weighted by molar-refractivity contribution is 6.28. The minimum atomic E-state index is -0.724. The first-order chi connectivity index (χ1) is 36.2. The van der Waals surface area contributed by atoms with Gasteiger partial charge in [-0.1, -0.05) is 0 Å². The quantitative estimate of drug-likeness (QED) is 0.190. The second-order valence-electron chi connectivity index (χ2n) is 26.4. The lowest BCUT2D eigenvalue weighted by Crippen LogP contribution is -2.50. The molecule has 0 bridgehead atoms. The number of carbonyl (C=O) groups excluding carboxylic acids is 6. The van der Waals surface area contributed by atoms with Crippen molar-refractivity contribution in [1.29, 1.82) is 0 Å². The van der Waals surface area contributed by atoms with Gasteiger partial charge in [-0.15, -0.1) is 0 Å². The van der Waals surface area contributed by atoms with Crippen LogP contribution in [-0.4, -0.2) is 258 Å². The molecule has 79 heavy (non-hydrogen) atoms. The van der Waals surface area contributed by atoms with E-state index >= 15 is 0 Å². The molecule has 0 spiro atoms. The van der Waals surface area contributed by atoms with E-state index in [9.17, 15) is 28.8 Å². The molecule has 1 aromatic heterocycles. The van der Waals surface area contributed by atoms with Crippen molar-refractivity contribution < 1.29 is 57.2 Å². The number of ether oxygens (including phenoxy) is 6. The predicted octanol–water partition coefficient (Wildman–Crippen LogP) is 4.03. The van der Waals surface area contributed by atoms with E-state index in [0.29, 0.717) is 105 Å². The Morgan fingerprint density at radius 3 is 0.608 bits per heavy atom. The van der Waals surface area contributed by atoms with E-state index in [1.807, 2.05) is 164 Å². The second kappa shape index (κ2) is 30.0. The van der Waals surface area contributed by atoms with Crippen molar-refractivity contribution in [2.24, 2.45) is 0 Å². The minimum absolute atomic E-state index is 0.00332. The number of rotatable bonds is 14. The van der Waals surface area contributed by atoms with E-state index in [1.165, 1.54) is 0 Å². The zero-order chi connectivity index (χ0) is 59.7. The molecule has 1 aromatic rings. The Kier molecular flexibility index (Phi) is 26.1. The van der Waals surface area contributed by atoms with Gasteiger partial charge in [0.2, 0.25) is 17.2 Å². The van der Waals surface area contributed by atoms with Crippen molar-refractivity contribution in [3.63, 3.8) is 0 Å². The molecule has 0 radical (unpaired) electrons. The van der Waals surface area contributed by atoms with Gasteiger partial charge in [-0.25, -0.2) is 0 Å². The molecule has 0 aromatic carbocycles. The van der Waals surface area contributed by atoms with Crippen LogP contribution in [0.1, 0.15) is 125 Å². The van der Waals surface area contributed by atoms with Crippen LogP contribution < -0.4 is 9.80 Å². The fourth-order valence-electron chi connectivity index (χ4n) is 8.37. The van der Waals surface area contributed by atoms with Crippen LogP contribution in [0.2, 0.25) is 5.28 Å². The molecule has 0 saturated carbocycles. The molecule has 2 aliphatic rings. The Morgan fingerprint density at radius 2 is 0.456 bits per heavy atom. The van der Waals surface area contributed by atoms with Crippen LogP contribution in [-0.2, 0) is 57.2 Å². The van der Waals surface area contributed by atoms with Crippen LogP contribution in [0, 0.1) is 0 Å². The zero-order valence-corrected chi connectivity index (χ0v) is 52.0. The van der Waals surface area contributed by atoms with Gasteiger partial charge in [0.1, 0.15) is 33.6 Å². The summed E-state index contributed by atoms with van der Waals surface area (Å²) in [6, 6.07) is 0. The first-order valence-electron chi connectivity index (χ1n) is 27.7. The van der Waals surface area contributed by atoms with E-state index in [0.717, 1.165) is 0 Å². The Morgan fingerprint density at radius 1 is 0.304 bits per heavy atom. The number of carbonyl (C=O) groups is 6. The molecule has 23 nitrogen and oxygen atoms in total. The van der Waals surface area contributed by atoms with Gasteiger partial charge in [0.15, 0.2) is 0 Å². The molecular weight excluding hydrogens is 1040 g/mol. The lowest BCUT2D eigenvalue weighted by atomic mass is 10.2. The molecule has 2 saturated heterocycles. The maximum atomic E-state index is 13.5. The van der Waals surface area contributed by atoms with Crippen molar-refractivity contribution in [2.45, 2.75) is 158 Å². The molecule has 3 heterocycles. The van der Waals surface area contributed by atoms with E-state index in [2.05, 4.69) is 9.97 Å². The molecule has 452 valence electrons. The fraction of sp³-hybridized carbons (Fsp3) is 0.836. The van der Waals surface area contributed by atoms with Crippen LogP contribution in [0.15, 0.2) is 0 Å². The SMILES string of the molecule is CC(C)(C)OC(=O)CN1CCN(CC(=O)OC(C)(C)C)CCN(c2nc(Cl)nc(N3CCN(CC(=O)OC(C)(C)C)CCN(CC(=O)OC(C)(C)C)CCN(CC(=O)OC(C)(C)C)CC3)n2)CCN(CC(=O)OC(C)(C)C)CC1. The molecule has 2 aliphatic heterocycles. The van der Waals surface area contributed by atoms with Gasteiger partial charge < -0.3 is 38.2 Å². The summed E-state index contributed by atoms with van der Waals surface area (Å²) < 4.78 is 34.5. The lowest BCUT2D eigenvalue weighted by molar-refractivity contribution is -0.158. The third kappa shape index (κ3) is 31.3. The third-order valence-electron chi connectivity index (χ3n) is 11.5. The maximum absolute atomic E-state index is 13.5. The largest absolute Gasteiger partial charge is 0.459 e. The summed E-state index contributed by atoms with van der Waals surface area (Å²) in [6.07, 6.45) is 0. The highest BCUT2D eigenvalue weighted by Crippen LogP contribution is 2.20. The molecule has 0 amide bonds. The number of esters is 6. The molecule has 24 heteroatoms. The molecule has 3 rings (SSSR count). The van der Waals surface area contributed by atoms with Gasteiger partial charge in [-0.2, -0.15) is 15.0 Å². The topological polar surface area (TPSA) is 222 Å². The summed E-state index contributed by atoms with van der Waals surface area (Å²) in [6.45, 7) is 38.0. The molecule has 0 N–H and O–H groups in total. The van der Waals surface area contributed by atoms with E-state index in [1.54, 1.807) is 0 Å². The maximum Gasteiger partial charge on any atom is 0.320 e. The summed E-state index contributed by atoms with van der Waals surface area (Å²) in [5, 5.41) is -0.0831. The van der Waals surface area contributed by atoms with Crippen LogP contribution >= 0.6 is 11.6 Å². The number of halogens is 1. The third-order valence-corrected chi connectivity index (χ3v) is 11.6. The molecular formula is C55H98ClN11O12. The van der Waals surface area contributed by atoms with Gasteiger partial charge in [0, 0.05) is 105 Å². The number of anilines is 2. The summed E-state index contributed by atoms with van der Waals surface area (Å²) in [5.41, 5.74) is -4.29. The molecule has 0 unspecified atom stereocenters. The van der Waals surface area contributed by atoms with Gasteiger partial charge in [0.25, 0.3) is 0 Å². The normalized spacial score (nSPS) is 18.3. The number of nitrogens with zero attached hydrogens (tertiary/aromatic N) is 11. The van der Waals surface area contributed by atoms with Crippen molar-refractivity contribution in [1.82, 2.24) is 44.4 Å². The monoisotopic (exact) mass is 1140 g/mol. The highest BCUT2D eigenvalue weighted by atomic mass is 35.5. The summed E-state index contributed by atoms with van der Waals surface area (Å²) >= 11 is 6.89. The molecule has 2 fully saturated rings. The Bertz CT molecular complexity index is 1910. The molecule has 0 aliphatic carbocycles. The van der Waals surface area contributed by atoms with Gasteiger partial charge >= 0.3 is 35.8 Å². The number of hydrogen-bond donors (Lipinski definition) is 0. The van der Waals surface area contributed by atoms with Crippen LogP contribution in [0.5, 0.6) is 0 Å². The summed E-state index contributed by atoms with van der Waals surface area (Å²) in [7, 11) is 0. The van der Waals surface area contributed by atoms with Crippen LogP contribution in [0.25, 0.3) is 0 Å². The van der Waals surface area contributed by atoms with Crippen molar-refractivity contribution in [3.8, 4) is 0 Å². The summed E-state index contributed by atoms with van der Waals surface area (Å²) in [4.78, 5) is 110. The van der Waals surface area contributed by atoms with Crippen LogP contribution in [0.4, 0.5) is 11.9 Å². The zero-order valence-electron chi connectivity index (χ0n) is 51.3. The summed E-state index contributed by atoms with van der Waals surface area (Å²) in [5.74, 6) is -1.94. The fourth-order valence-corrected chi connectivity index (χ4v) is 8.52. The molecule has 0 atom stereocenters. The lowest BCUT2D eigenvalue weighted by Gasteiger charge is -2.35. The van der Waals surface area contributed by atoms with Crippen LogP contribution in [0.3, 0.4) is 0 Å². The highest BCUT2D eigenvalue weighted by Gasteiger charge is 2.30.